The number of nitro groups is 1. The number of benzene rings is 3. The highest BCUT2D eigenvalue weighted by Gasteiger charge is 2.35. The Morgan fingerprint density at radius 2 is 1.57 bits per heavy atom. The highest BCUT2D eigenvalue weighted by atomic mass is 32.2. The lowest BCUT2D eigenvalue weighted by Gasteiger charge is -2.16. The van der Waals surface area contributed by atoms with Gasteiger partial charge in [0.05, 0.1) is 21.2 Å². The zero-order valence-corrected chi connectivity index (χ0v) is 20.0. The first kappa shape index (κ1) is 24.0. The number of aryl methyl sites for hydroxylation is 2. The number of carbonyl (C=O) groups is 1. The molecule has 0 aliphatic carbocycles. The molecule has 1 aliphatic heterocycles. The average Bonchev–Trinajstić information content (AvgIpc) is 3.15. The Bertz CT molecular complexity index is 1350. The monoisotopic (exact) mass is 489 g/mol. The smallest absolute Gasteiger partial charge is 0.311 e. The lowest BCUT2D eigenvalue weighted by Crippen LogP contribution is -2.28. The minimum absolute atomic E-state index is 0.0418. The molecule has 0 unspecified atom stereocenters. The number of aliphatic imine (C=N–C) groups is 1. The van der Waals surface area contributed by atoms with Gasteiger partial charge in [-0.3, -0.25) is 19.8 Å². The average molecular weight is 490 g/mol. The molecule has 0 bridgehead atoms. The number of anilines is 1. The first-order valence-electron chi connectivity index (χ1n) is 11.0. The number of phenolic OH excluding ortho intramolecular Hbond substituents is 2. The summed E-state index contributed by atoms with van der Waals surface area (Å²) < 4.78 is 0. The van der Waals surface area contributed by atoms with E-state index in [1.165, 1.54) is 16.5 Å². The van der Waals surface area contributed by atoms with Crippen molar-refractivity contribution in [3.8, 4) is 11.5 Å². The number of amides is 1. The maximum absolute atomic E-state index is 13.5. The van der Waals surface area contributed by atoms with Crippen molar-refractivity contribution < 1.29 is 19.9 Å². The zero-order valence-electron chi connectivity index (χ0n) is 19.1. The molecule has 8 nitrogen and oxygen atoms in total. The van der Waals surface area contributed by atoms with Crippen molar-refractivity contribution >= 4 is 46.0 Å². The third-order valence-electron chi connectivity index (χ3n) is 5.59. The van der Waals surface area contributed by atoms with Crippen molar-refractivity contribution in [2.75, 3.05) is 4.90 Å². The van der Waals surface area contributed by atoms with Crippen LogP contribution in [0.1, 0.15) is 30.5 Å². The number of aromatic hydroxyl groups is 2. The highest BCUT2D eigenvalue weighted by molar-refractivity contribution is 8.19. The van der Waals surface area contributed by atoms with Crippen LogP contribution in [0.15, 0.2) is 70.6 Å². The highest BCUT2D eigenvalue weighted by Crippen LogP contribution is 2.40. The molecule has 0 aromatic heterocycles. The van der Waals surface area contributed by atoms with Crippen molar-refractivity contribution in [2.24, 2.45) is 4.99 Å². The molecule has 0 saturated carbocycles. The quantitative estimate of drug-likeness (QED) is 0.251. The molecule has 0 atom stereocenters. The standard InChI is InChI=1S/C26H23N3O5S/c1-3-16-5-9-19(10-6-16)27-26-28(20-11-7-17(4-2)8-12-20)25(32)24(35-26)14-18-13-21(29(33)34)23(31)15-22(18)30/h5-15,30-31H,3-4H2,1-2H3/b24-14-,27-26?. The van der Waals surface area contributed by atoms with E-state index in [1.54, 1.807) is 0 Å². The minimum Gasteiger partial charge on any atom is -0.507 e. The van der Waals surface area contributed by atoms with Gasteiger partial charge in [0.1, 0.15) is 5.75 Å². The number of phenols is 2. The van der Waals surface area contributed by atoms with Crippen LogP contribution in [0.2, 0.25) is 0 Å². The van der Waals surface area contributed by atoms with Gasteiger partial charge in [-0.2, -0.15) is 0 Å². The number of rotatable bonds is 6. The summed E-state index contributed by atoms with van der Waals surface area (Å²) in [6.45, 7) is 4.11. The second kappa shape index (κ2) is 10.0. The number of thioether (sulfide) groups is 1. The van der Waals surface area contributed by atoms with E-state index in [4.69, 9.17) is 4.99 Å². The molecule has 1 saturated heterocycles. The minimum atomic E-state index is -0.755. The van der Waals surface area contributed by atoms with Gasteiger partial charge in [-0.25, -0.2) is 4.99 Å². The van der Waals surface area contributed by atoms with E-state index in [-0.39, 0.29) is 22.1 Å². The van der Waals surface area contributed by atoms with E-state index < -0.39 is 16.4 Å². The Kier molecular flexibility index (Phi) is 6.88. The zero-order chi connectivity index (χ0) is 25.1. The van der Waals surface area contributed by atoms with Gasteiger partial charge in [0.15, 0.2) is 10.9 Å². The predicted molar refractivity (Wildman–Crippen MR) is 138 cm³/mol. The second-order valence-electron chi connectivity index (χ2n) is 7.84. The first-order chi connectivity index (χ1) is 16.8. The molecule has 4 rings (SSSR count). The second-order valence-corrected chi connectivity index (χ2v) is 8.85. The maximum Gasteiger partial charge on any atom is 0.311 e. The number of amidine groups is 1. The molecule has 9 heteroatoms. The molecule has 0 radical (unpaired) electrons. The van der Waals surface area contributed by atoms with E-state index in [1.807, 2.05) is 55.5 Å². The van der Waals surface area contributed by atoms with Crippen molar-refractivity contribution in [1.82, 2.24) is 0 Å². The van der Waals surface area contributed by atoms with Crippen LogP contribution >= 0.6 is 11.8 Å². The van der Waals surface area contributed by atoms with Crippen molar-refractivity contribution in [3.63, 3.8) is 0 Å². The van der Waals surface area contributed by atoms with Gasteiger partial charge in [0.25, 0.3) is 5.91 Å². The van der Waals surface area contributed by atoms with E-state index >= 15 is 0 Å². The Labute approximate surface area is 206 Å². The molecule has 35 heavy (non-hydrogen) atoms. The molecular formula is C26H23N3O5S. The fourth-order valence-corrected chi connectivity index (χ4v) is 4.55. The van der Waals surface area contributed by atoms with Gasteiger partial charge in [-0.1, -0.05) is 38.1 Å². The van der Waals surface area contributed by atoms with Crippen LogP contribution in [0.5, 0.6) is 11.5 Å². The summed E-state index contributed by atoms with van der Waals surface area (Å²) in [6, 6.07) is 17.2. The summed E-state index contributed by atoms with van der Waals surface area (Å²) in [5, 5.41) is 31.6. The predicted octanol–water partition coefficient (Wildman–Crippen LogP) is 5.94. The van der Waals surface area contributed by atoms with Gasteiger partial charge in [0, 0.05) is 17.7 Å². The topological polar surface area (TPSA) is 116 Å². The van der Waals surface area contributed by atoms with Crippen LogP contribution in [0, 0.1) is 10.1 Å². The molecular weight excluding hydrogens is 466 g/mol. The van der Waals surface area contributed by atoms with Crippen LogP contribution in [-0.2, 0) is 17.6 Å². The summed E-state index contributed by atoms with van der Waals surface area (Å²) in [7, 11) is 0. The van der Waals surface area contributed by atoms with Crippen LogP contribution in [0.25, 0.3) is 6.08 Å². The Hall–Kier alpha value is -4.11. The lowest BCUT2D eigenvalue weighted by molar-refractivity contribution is -0.385. The summed E-state index contributed by atoms with van der Waals surface area (Å²) in [4.78, 5) is 30.3. The molecule has 1 heterocycles. The number of carbonyl (C=O) groups excluding carboxylic acids is 1. The maximum atomic E-state index is 13.5. The lowest BCUT2D eigenvalue weighted by atomic mass is 10.1. The van der Waals surface area contributed by atoms with E-state index in [0.29, 0.717) is 16.5 Å². The van der Waals surface area contributed by atoms with E-state index in [2.05, 4.69) is 6.92 Å². The normalized spacial score (nSPS) is 15.8. The van der Waals surface area contributed by atoms with Crippen molar-refractivity contribution in [3.05, 3.63) is 92.4 Å². The van der Waals surface area contributed by atoms with E-state index in [0.717, 1.165) is 42.3 Å². The van der Waals surface area contributed by atoms with Gasteiger partial charge in [-0.15, -0.1) is 0 Å². The Balaban J connectivity index is 1.79. The molecule has 2 N–H and O–H groups in total. The third-order valence-corrected chi connectivity index (χ3v) is 6.55. The summed E-state index contributed by atoms with van der Waals surface area (Å²) >= 11 is 1.10. The molecule has 1 fully saturated rings. The van der Waals surface area contributed by atoms with Crippen molar-refractivity contribution in [1.29, 1.82) is 0 Å². The van der Waals surface area contributed by atoms with Crippen molar-refractivity contribution in [2.45, 2.75) is 26.7 Å². The first-order valence-corrected chi connectivity index (χ1v) is 11.8. The van der Waals surface area contributed by atoms with Gasteiger partial charge >= 0.3 is 5.69 Å². The fourth-order valence-electron chi connectivity index (χ4n) is 3.56. The molecule has 1 amide bonds. The number of nitrogens with zero attached hydrogens (tertiary/aromatic N) is 3. The number of hydrogen-bond acceptors (Lipinski definition) is 7. The molecule has 0 spiro atoms. The molecule has 178 valence electrons. The van der Waals surface area contributed by atoms with E-state index in [9.17, 15) is 25.1 Å². The summed E-state index contributed by atoms with van der Waals surface area (Å²) in [5.74, 6) is -1.41. The molecule has 3 aromatic rings. The Morgan fingerprint density at radius 3 is 2.14 bits per heavy atom. The SMILES string of the molecule is CCc1ccc(N=C2S/C(=C\c3cc([N+](=O)[O-])c(O)cc3O)C(=O)N2c2ccc(CC)cc2)cc1. The van der Waals surface area contributed by atoms with Gasteiger partial charge < -0.3 is 10.2 Å². The third kappa shape index (κ3) is 5.04. The van der Waals surface area contributed by atoms with Crippen LogP contribution in [0.4, 0.5) is 17.1 Å². The largest absolute Gasteiger partial charge is 0.507 e. The molecule has 1 aliphatic rings. The fraction of sp³-hybridized carbons (Fsp3) is 0.154. The van der Waals surface area contributed by atoms with Crippen LogP contribution < -0.4 is 4.90 Å². The van der Waals surface area contributed by atoms with Gasteiger partial charge in [0.2, 0.25) is 0 Å². The Morgan fingerprint density at radius 1 is 0.971 bits per heavy atom. The number of hydrogen-bond donors (Lipinski definition) is 2. The summed E-state index contributed by atoms with van der Waals surface area (Å²) in [5.41, 5.74) is 3.08. The molecule has 3 aromatic carbocycles. The van der Waals surface area contributed by atoms with Gasteiger partial charge in [-0.05, 0) is 66.1 Å². The van der Waals surface area contributed by atoms with Crippen LogP contribution in [0.3, 0.4) is 0 Å². The summed E-state index contributed by atoms with van der Waals surface area (Å²) in [6.07, 6.45) is 3.12. The number of nitro benzene ring substituents is 1. The van der Waals surface area contributed by atoms with Crippen LogP contribution in [-0.4, -0.2) is 26.2 Å².